The minimum atomic E-state index is -0.419. The number of nitro benzene ring substituents is 1. The average Bonchev–Trinajstić information content (AvgIpc) is 3.16. The van der Waals surface area contributed by atoms with Crippen LogP contribution in [0.2, 0.25) is 0 Å². The lowest BCUT2D eigenvalue weighted by atomic mass is 9.84. The molecule has 5 nitrogen and oxygen atoms in total. The van der Waals surface area contributed by atoms with Crippen molar-refractivity contribution in [3.63, 3.8) is 0 Å². The Labute approximate surface area is 140 Å². The zero-order valence-electron chi connectivity index (χ0n) is 13.2. The van der Waals surface area contributed by atoms with Gasteiger partial charge in [-0.15, -0.1) is 11.8 Å². The van der Waals surface area contributed by atoms with Crippen LogP contribution in [-0.4, -0.2) is 22.6 Å². The van der Waals surface area contributed by atoms with Crippen molar-refractivity contribution < 1.29 is 9.72 Å². The lowest BCUT2D eigenvalue weighted by Gasteiger charge is -2.28. The number of nitro groups is 1. The van der Waals surface area contributed by atoms with Gasteiger partial charge in [0.05, 0.1) is 10.7 Å². The number of rotatable bonds is 6. The second-order valence-electron chi connectivity index (χ2n) is 6.73. The summed E-state index contributed by atoms with van der Waals surface area (Å²) in [5.74, 6) is 2.73. The molecule has 1 aromatic rings. The molecule has 0 saturated heterocycles. The first-order chi connectivity index (χ1) is 11.0. The number of non-ortho nitro benzene ring substituents is 1. The van der Waals surface area contributed by atoms with Gasteiger partial charge < -0.3 is 5.32 Å². The van der Waals surface area contributed by atoms with Gasteiger partial charge in [-0.05, 0) is 56.1 Å². The van der Waals surface area contributed by atoms with Crippen LogP contribution >= 0.6 is 11.8 Å². The molecule has 3 rings (SSSR count). The van der Waals surface area contributed by atoms with Crippen molar-refractivity contribution in [3.8, 4) is 0 Å². The molecule has 1 N–H and O–H groups in total. The number of hydrogen-bond donors (Lipinski definition) is 1. The highest BCUT2D eigenvalue weighted by atomic mass is 32.2. The summed E-state index contributed by atoms with van der Waals surface area (Å²) in [5.41, 5.74) is 0.0729. The van der Waals surface area contributed by atoms with E-state index in [1.54, 1.807) is 12.1 Å². The van der Waals surface area contributed by atoms with Crippen LogP contribution in [0.15, 0.2) is 29.2 Å². The van der Waals surface area contributed by atoms with Gasteiger partial charge in [-0.3, -0.25) is 14.9 Å². The molecule has 2 saturated carbocycles. The molecule has 2 aliphatic rings. The van der Waals surface area contributed by atoms with Crippen LogP contribution in [0.5, 0.6) is 0 Å². The Morgan fingerprint density at radius 1 is 1.35 bits per heavy atom. The first-order valence-corrected chi connectivity index (χ1v) is 9.18. The molecule has 0 unspecified atom stereocenters. The Hall–Kier alpha value is -1.56. The van der Waals surface area contributed by atoms with E-state index in [0.29, 0.717) is 11.7 Å². The summed E-state index contributed by atoms with van der Waals surface area (Å²) < 4.78 is 0. The highest BCUT2D eigenvalue weighted by molar-refractivity contribution is 8.00. The molecule has 1 aromatic carbocycles. The molecule has 124 valence electrons. The number of amides is 1. The minimum absolute atomic E-state index is 0.0450. The maximum absolute atomic E-state index is 12.1. The zero-order chi connectivity index (χ0) is 16.4. The SMILES string of the molecule is C[C@@H](NC(=O)CSc1ccc([N+](=O)[O-])cc1)[C@@H]1C[C@H]2CC[C@H]1C2. The van der Waals surface area contributed by atoms with Crippen LogP contribution in [-0.2, 0) is 4.79 Å². The second-order valence-corrected chi connectivity index (χ2v) is 7.78. The van der Waals surface area contributed by atoms with Crippen LogP contribution in [0, 0.1) is 27.9 Å². The van der Waals surface area contributed by atoms with Crippen molar-refractivity contribution in [2.24, 2.45) is 17.8 Å². The first kappa shape index (κ1) is 16.3. The van der Waals surface area contributed by atoms with Gasteiger partial charge in [0.15, 0.2) is 0 Å². The minimum Gasteiger partial charge on any atom is -0.353 e. The van der Waals surface area contributed by atoms with Crippen molar-refractivity contribution >= 4 is 23.4 Å². The monoisotopic (exact) mass is 334 g/mol. The normalized spacial score (nSPS) is 26.9. The third-order valence-electron chi connectivity index (χ3n) is 5.24. The van der Waals surface area contributed by atoms with Crippen LogP contribution < -0.4 is 5.32 Å². The van der Waals surface area contributed by atoms with E-state index < -0.39 is 4.92 Å². The predicted octanol–water partition coefficient (Wildman–Crippen LogP) is 3.63. The Bertz CT molecular complexity index is 590. The summed E-state index contributed by atoms with van der Waals surface area (Å²) in [6, 6.07) is 6.57. The number of nitrogens with one attached hydrogen (secondary N) is 1. The molecule has 2 fully saturated rings. The summed E-state index contributed by atoms with van der Waals surface area (Å²) in [7, 11) is 0. The van der Waals surface area contributed by atoms with E-state index in [-0.39, 0.29) is 17.6 Å². The highest BCUT2D eigenvalue weighted by Crippen LogP contribution is 2.49. The van der Waals surface area contributed by atoms with E-state index in [4.69, 9.17) is 0 Å². The Morgan fingerprint density at radius 2 is 2.09 bits per heavy atom. The Morgan fingerprint density at radius 3 is 2.65 bits per heavy atom. The fraction of sp³-hybridized carbons (Fsp3) is 0.588. The maximum Gasteiger partial charge on any atom is 0.269 e. The van der Waals surface area contributed by atoms with E-state index in [2.05, 4.69) is 12.2 Å². The fourth-order valence-corrected chi connectivity index (χ4v) is 4.83. The zero-order valence-corrected chi connectivity index (χ0v) is 14.1. The van der Waals surface area contributed by atoms with Gasteiger partial charge in [-0.2, -0.15) is 0 Å². The summed E-state index contributed by atoms with van der Waals surface area (Å²) in [5, 5.41) is 13.8. The van der Waals surface area contributed by atoms with Crippen molar-refractivity contribution in [3.05, 3.63) is 34.4 Å². The van der Waals surface area contributed by atoms with E-state index in [9.17, 15) is 14.9 Å². The molecule has 0 spiro atoms. The van der Waals surface area contributed by atoms with Crippen molar-refractivity contribution in [1.29, 1.82) is 0 Å². The number of carbonyl (C=O) groups is 1. The summed E-state index contributed by atoms with van der Waals surface area (Å²) >= 11 is 1.41. The standard InChI is InChI=1S/C17H22N2O3S/c1-11(16-9-12-2-3-13(16)8-12)18-17(20)10-23-15-6-4-14(5-7-15)19(21)22/h4-7,11-13,16H,2-3,8-10H2,1H3,(H,18,20)/t11-,12+,13+,16+/m1/s1. The molecule has 2 aliphatic carbocycles. The molecule has 0 aromatic heterocycles. The molecular formula is C17H22N2O3S. The van der Waals surface area contributed by atoms with E-state index >= 15 is 0 Å². The van der Waals surface area contributed by atoms with Crippen molar-refractivity contribution in [1.82, 2.24) is 5.32 Å². The lowest BCUT2D eigenvalue weighted by molar-refractivity contribution is -0.384. The van der Waals surface area contributed by atoms with Crippen LogP contribution in [0.25, 0.3) is 0 Å². The van der Waals surface area contributed by atoms with Gasteiger partial charge in [-0.1, -0.05) is 6.42 Å². The number of fused-ring (bicyclic) bond motifs is 2. The van der Waals surface area contributed by atoms with Gasteiger partial charge in [0.25, 0.3) is 5.69 Å². The van der Waals surface area contributed by atoms with Gasteiger partial charge in [0.2, 0.25) is 5.91 Å². The topological polar surface area (TPSA) is 72.2 Å². The third-order valence-corrected chi connectivity index (χ3v) is 6.25. The molecule has 0 heterocycles. The third kappa shape index (κ3) is 3.86. The van der Waals surface area contributed by atoms with E-state index in [1.165, 1.54) is 49.6 Å². The Kier molecular flexibility index (Phi) is 4.90. The largest absolute Gasteiger partial charge is 0.353 e. The number of thioether (sulfide) groups is 1. The smallest absolute Gasteiger partial charge is 0.269 e. The van der Waals surface area contributed by atoms with E-state index in [0.717, 1.165) is 16.7 Å². The lowest BCUT2D eigenvalue weighted by Crippen LogP contribution is -2.40. The predicted molar refractivity (Wildman–Crippen MR) is 90.4 cm³/mol. The molecule has 23 heavy (non-hydrogen) atoms. The molecule has 4 atom stereocenters. The summed E-state index contributed by atoms with van der Waals surface area (Å²) in [4.78, 5) is 23.2. The van der Waals surface area contributed by atoms with E-state index in [1.807, 2.05) is 0 Å². The average molecular weight is 334 g/mol. The second kappa shape index (κ2) is 6.91. The number of hydrogen-bond acceptors (Lipinski definition) is 4. The summed E-state index contributed by atoms with van der Waals surface area (Å²) in [6.45, 7) is 2.12. The quantitative estimate of drug-likeness (QED) is 0.490. The van der Waals surface area contributed by atoms with Gasteiger partial charge >= 0.3 is 0 Å². The number of nitrogens with zero attached hydrogens (tertiary/aromatic N) is 1. The number of benzene rings is 1. The van der Waals surface area contributed by atoms with Gasteiger partial charge in [0, 0.05) is 23.1 Å². The van der Waals surface area contributed by atoms with Crippen molar-refractivity contribution in [2.45, 2.75) is 43.5 Å². The van der Waals surface area contributed by atoms with Crippen molar-refractivity contribution in [2.75, 3.05) is 5.75 Å². The molecular weight excluding hydrogens is 312 g/mol. The highest BCUT2D eigenvalue weighted by Gasteiger charge is 2.42. The van der Waals surface area contributed by atoms with Gasteiger partial charge in [0.1, 0.15) is 0 Å². The molecule has 1 amide bonds. The van der Waals surface area contributed by atoms with Gasteiger partial charge in [-0.25, -0.2) is 0 Å². The van der Waals surface area contributed by atoms with Crippen LogP contribution in [0.3, 0.4) is 0 Å². The molecule has 6 heteroatoms. The fourth-order valence-electron chi connectivity index (χ4n) is 4.12. The van der Waals surface area contributed by atoms with Crippen LogP contribution in [0.4, 0.5) is 5.69 Å². The molecule has 0 aliphatic heterocycles. The first-order valence-electron chi connectivity index (χ1n) is 8.19. The maximum atomic E-state index is 12.1. The van der Waals surface area contributed by atoms with Crippen LogP contribution in [0.1, 0.15) is 32.6 Å². The summed E-state index contributed by atoms with van der Waals surface area (Å²) in [6.07, 6.45) is 5.31. The molecule has 0 radical (unpaired) electrons. The Balaban J connectivity index is 1.45. The molecule has 2 bridgehead atoms. The number of carbonyl (C=O) groups excluding carboxylic acids is 1.